The van der Waals surface area contributed by atoms with E-state index < -0.39 is 0 Å². The molecule has 2 aromatic carbocycles. The van der Waals surface area contributed by atoms with Crippen molar-refractivity contribution in [1.82, 2.24) is 0 Å². The summed E-state index contributed by atoms with van der Waals surface area (Å²) in [6.45, 7) is 6.42. The largest absolute Gasteiger partial charge is 0.325 e. The predicted octanol–water partition coefficient (Wildman–Crippen LogP) is 4.59. The first-order valence-corrected chi connectivity index (χ1v) is 7.85. The van der Waals surface area contributed by atoms with Crippen LogP contribution >= 0.6 is 0 Å². The minimum Gasteiger partial charge on any atom is -0.325 e. The lowest BCUT2D eigenvalue weighted by atomic mass is 9.88. The van der Waals surface area contributed by atoms with Crippen molar-refractivity contribution in [3.05, 3.63) is 70.8 Å². The third kappa shape index (κ3) is 5.35. The maximum Gasteiger partial charge on any atom is 0.0132 e. The van der Waals surface area contributed by atoms with Crippen LogP contribution in [0.5, 0.6) is 0 Å². The average molecular weight is 281 g/mol. The number of hydrogen-bond acceptors (Lipinski definition) is 1. The minimum atomic E-state index is -0.101. The predicted molar refractivity (Wildman–Crippen MR) is 91.6 cm³/mol. The first-order chi connectivity index (χ1) is 9.94. The van der Waals surface area contributed by atoms with Gasteiger partial charge in [0.05, 0.1) is 0 Å². The molecule has 0 aromatic heterocycles. The van der Waals surface area contributed by atoms with Gasteiger partial charge < -0.3 is 5.73 Å². The Hall–Kier alpha value is -1.60. The Bertz CT molecular complexity index is 498. The molecule has 0 heterocycles. The summed E-state index contributed by atoms with van der Waals surface area (Å²) in [6, 6.07) is 17.6. The van der Waals surface area contributed by atoms with Gasteiger partial charge in [-0.05, 0) is 57.6 Å². The molecule has 0 aliphatic carbocycles. The molecule has 0 aliphatic rings. The lowest BCUT2D eigenvalue weighted by Crippen LogP contribution is -2.37. The molecule has 0 spiro atoms. The molecule has 0 bridgehead atoms. The Morgan fingerprint density at radius 2 is 1.05 bits per heavy atom. The Balaban J connectivity index is 1.83. The summed E-state index contributed by atoms with van der Waals surface area (Å²) in [5.41, 5.74) is 11.8. The standard InChI is InChI=1S/C20H27N/c1-16-4-8-18(9-5-16)12-14-20(3,21)15-13-19-10-6-17(2)7-11-19/h4-11H,12-15,21H2,1-3H3. The monoisotopic (exact) mass is 281 g/mol. The molecule has 2 N–H and O–H groups in total. The summed E-state index contributed by atoms with van der Waals surface area (Å²) in [5, 5.41) is 0. The molecule has 0 fully saturated rings. The second kappa shape index (κ2) is 6.91. The normalized spacial score (nSPS) is 11.6. The maximum atomic E-state index is 6.47. The molecule has 1 nitrogen and oxygen atoms in total. The van der Waals surface area contributed by atoms with Crippen LogP contribution in [0.3, 0.4) is 0 Å². The zero-order chi connectivity index (χ0) is 15.3. The molecular weight excluding hydrogens is 254 g/mol. The van der Waals surface area contributed by atoms with Gasteiger partial charge in [-0.1, -0.05) is 59.7 Å². The van der Waals surface area contributed by atoms with Crippen LogP contribution in [-0.2, 0) is 12.8 Å². The van der Waals surface area contributed by atoms with Gasteiger partial charge in [-0.25, -0.2) is 0 Å². The Labute approximate surface area is 129 Å². The molecule has 0 aliphatic heterocycles. The van der Waals surface area contributed by atoms with Crippen molar-refractivity contribution < 1.29 is 0 Å². The van der Waals surface area contributed by atoms with Crippen molar-refractivity contribution in [3.63, 3.8) is 0 Å². The van der Waals surface area contributed by atoms with Crippen molar-refractivity contribution >= 4 is 0 Å². The SMILES string of the molecule is Cc1ccc(CCC(C)(N)CCc2ccc(C)cc2)cc1. The van der Waals surface area contributed by atoms with Gasteiger partial charge in [-0.2, -0.15) is 0 Å². The summed E-state index contributed by atoms with van der Waals surface area (Å²) in [4.78, 5) is 0. The van der Waals surface area contributed by atoms with E-state index in [2.05, 4.69) is 69.3 Å². The number of nitrogens with two attached hydrogens (primary N) is 1. The second-order valence-corrected chi connectivity index (χ2v) is 6.63. The van der Waals surface area contributed by atoms with Crippen LogP contribution < -0.4 is 5.73 Å². The summed E-state index contributed by atoms with van der Waals surface area (Å²) in [5.74, 6) is 0. The highest BCUT2D eigenvalue weighted by molar-refractivity contribution is 5.23. The van der Waals surface area contributed by atoms with Crippen molar-refractivity contribution in [2.75, 3.05) is 0 Å². The number of rotatable bonds is 6. The molecule has 2 rings (SSSR count). The highest BCUT2D eigenvalue weighted by Crippen LogP contribution is 2.19. The molecule has 0 radical (unpaired) electrons. The fourth-order valence-corrected chi connectivity index (χ4v) is 2.49. The molecule has 0 unspecified atom stereocenters. The van der Waals surface area contributed by atoms with E-state index in [0.29, 0.717) is 0 Å². The van der Waals surface area contributed by atoms with E-state index in [-0.39, 0.29) is 5.54 Å². The van der Waals surface area contributed by atoms with Gasteiger partial charge in [0.25, 0.3) is 0 Å². The van der Waals surface area contributed by atoms with Gasteiger partial charge in [-0.15, -0.1) is 0 Å². The van der Waals surface area contributed by atoms with Crippen molar-refractivity contribution in [3.8, 4) is 0 Å². The molecular formula is C20H27N. The zero-order valence-corrected chi connectivity index (χ0v) is 13.5. The first kappa shape index (κ1) is 15.8. The fourth-order valence-electron chi connectivity index (χ4n) is 2.49. The van der Waals surface area contributed by atoms with Gasteiger partial charge in [0.2, 0.25) is 0 Å². The van der Waals surface area contributed by atoms with Gasteiger partial charge in [0.15, 0.2) is 0 Å². The summed E-state index contributed by atoms with van der Waals surface area (Å²) in [7, 11) is 0. The van der Waals surface area contributed by atoms with Crippen LogP contribution in [0.25, 0.3) is 0 Å². The van der Waals surface area contributed by atoms with E-state index in [4.69, 9.17) is 5.73 Å². The van der Waals surface area contributed by atoms with E-state index >= 15 is 0 Å². The summed E-state index contributed by atoms with van der Waals surface area (Å²) >= 11 is 0. The first-order valence-electron chi connectivity index (χ1n) is 7.85. The van der Waals surface area contributed by atoms with Crippen molar-refractivity contribution in [2.24, 2.45) is 5.73 Å². The van der Waals surface area contributed by atoms with Gasteiger partial charge >= 0.3 is 0 Å². The summed E-state index contributed by atoms with van der Waals surface area (Å²) in [6.07, 6.45) is 4.17. The van der Waals surface area contributed by atoms with E-state index in [1.54, 1.807) is 0 Å². The Kier molecular flexibility index (Phi) is 5.19. The van der Waals surface area contributed by atoms with Crippen LogP contribution in [-0.4, -0.2) is 5.54 Å². The van der Waals surface area contributed by atoms with E-state index in [9.17, 15) is 0 Å². The quantitative estimate of drug-likeness (QED) is 0.823. The van der Waals surface area contributed by atoms with Crippen LogP contribution in [0.4, 0.5) is 0 Å². The number of benzene rings is 2. The molecule has 0 saturated heterocycles. The van der Waals surface area contributed by atoms with E-state index in [0.717, 1.165) is 25.7 Å². The van der Waals surface area contributed by atoms with Crippen LogP contribution in [0.2, 0.25) is 0 Å². The maximum absolute atomic E-state index is 6.47. The van der Waals surface area contributed by atoms with Gasteiger partial charge in [0, 0.05) is 5.54 Å². The van der Waals surface area contributed by atoms with E-state index in [1.165, 1.54) is 22.3 Å². The van der Waals surface area contributed by atoms with Crippen molar-refractivity contribution in [1.29, 1.82) is 0 Å². The lowest BCUT2D eigenvalue weighted by molar-refractivity contribution is 0.401. The van der Waals surface area contributed by atoms with Crippen LogP contribution in [0.15, 0.2) is 48.5 Å². The second-order valence-electron chi connectivity index (χ2n) is 6.63. The third-order valence-corrected chi connectivity index (χ3v) is 4.21. The zero-order valence-electron chi connectivity index (χ0n) is 13.5. The average Bonchev–Trinajstić information content (AvgIpc) is 2.46. The molecule has 112 valence electrons. The van der Waals surface area contributed by atoms with E-state index in [1.807, 2.05) is 0 Å². The van der Waals surface area contributed by atoms with Gasteiger partial charge in [0.1, 0.15) is 0 Å². The van der Waals surface area contributed by atoms with Crippen LogP contribution in [0, 0.1) is 13.8 Å². The Morgan fingerprint density at radius 3 is 1.38 bits per heavy atom. The highest BCUT2D eigenvalue weighted by atomic mass is 14.7. The topological polar surface area (TPSA) is 26.0 Å². The molecule has 21 heavy (non-hydrogen) atoms. The summed E-state index contributed by atoms with van der Waals surface area (Å²) < 4.78 is 0. The molecule has 0 saturated carbocycles. The Morgan fingerprint density at radius 1 is 0.714 bits per heavy atom. The smallest absolute Gasteiger partial charge is 0.0132 e. The van der Waals surface area contributed by atoms with Gasteiger partial charge in [-0.3, -0.25) is 0 Å². The highest BCUT2D eigenvalue weighted by Gasteiger charge is 2.18. The molecule has 2 aromatic rings. The van der Waals surface area contributed by atoms with Crippen LogP contribution in [0.1, 0.15) is 42.0 Å². The minimum absolute atomic E-state index is 0.101. The molecule has 1 heteroatoms. The third-order valence-electron chi connectivity index (χ3n) is 4.21. The number of aryl methyl sites for hydroxylation is 4. The molecule has 0 atom stereocenters. The number of hydrogen-bond donors (Lipinski definition) is 1. The van der Waals surface area contributed by atoms with Crippen molar-refractivity contribution in [2.45, 2.75) is 52.0 Å². The molecule has 0 amide bonds. The fraction of sp³-hybridized carbons (Fsp3) is 0.400. The lowest BCUT2D eigenvalue weighted by Gasteiger charge is -2.25.